The van der Waals surface area contributed by atoms with Gasteiger partial charge in [-0.1, -0.05) is 89.0 Å². The van der Waals surface area contributed by atoms with E-state index < -0.39 is 11.6 Å². The summed E-state index contributed by atoms with van der Waals surface area (Å²) >= 11 is 0. The molecule has 2 aromatic carbocycles. The van der Waals surface area contributed by atoms with E-state index in [1.165, 1.54) is 95.1 Å². The number of benzene rings is 2. The summed E-state index contributed by atoms with van der Waals surface area (Å²) in [5.74, 6) is 0.218. The Hall–Kier alpha value is -2.62. The summed E-state index contributed by atoms with van der Waals surface area (Å²) in [5.41, 5.74) is 3.89. The number of halogens is 2. The van der Waals surface area contributed by atoms with Gasteiger partial charge in [0.25, 0.3) is 0 Å². The summed E-state index contributed by atoms with van der Waals surface area (Å²) in [5, 5.41) is 0. The van der Waals surface area contributed by atoms with E-state index >= 15 is 0 Å². The molecule has 1 fully saturated rings. The van der Waals surface area contributed by atoms with Crippen molar-refractivity contribution in [1.29, 1.82) is 0 Å². The van der Waals surface area contributed by atoms with Crippen LogP contribution in [-0.2, 0) is 0 Å². The van der Waals surface area contributed by atoms with Gasteiger partial charge in [0.2, 0.25) is 0 Å². The maximum atomic E-state index is 13.5. The Morgan fingerprint density at radius 1 is 0.667 bits per heavy atom. The Morgan fingerprint density at radius 2 is 1.28 bits per heavy atom. The lowest BCUT2D eigenvalue weighted by Crippen LogP contribution is -2.13. The molecule has 0 atom stereocenters. The van der Waals surface area contributed by atoms with Crippen LogP contribution in [0.1, 0.15) is 102 Å². The topological polar surface area (TPSA) is 25.8 Å². The van der Waals surface area contributed by atoms with E-state index in [-0.39, 0.29) is 0 Å². The van der Waals surface area contributed by atoms with Gasteiger partial charge in [-0.15, -0.1) is 0 Å². The first kappa shape index (κ1) is 26.4. The average Bonchev–Trinajstić information content (AvgIpc) is 2.92. The molecule has 1 heterocycles. The SMILES string of the molecule is CCCCCCCCCCC1CCC(c2ccc(-c3cnc(-c4ccc(F)c(F)c4)nc3)cc2)CC1. The Bertz CT molecular complexity index is 1050. The van der Waals surface area contributed by atoms with Gasteiger partial charge in [-0.2, -0.15) is 0 Å². The molecule has 192 valence electrons. The van der Waals surface area contributed by atoms with E-state index in [1.807, 2.05) is 0 Å². The minimum Gasteiger partial charge on any atom is -0.236 e. The lowest BCUT2D eigenvalue weighted by Gasteiger charge is -2.29. The molecule has 0 unspecified atom stereocenters. The maximum absolute atomic E-state index is 13.5. The molecule has 0 aliphatic heterocycles. The van der Waals surface area contributed by atoms with Gasteiger partial charge in [-0.3, -0.25) is 0 Å². The van der Waals surface area contributed by atoms with E-state index in [0.29, 0.717) is 17.3 Å². The highest BCUT2D eigenvalue weighted by molar-refractivity contribution is 5.64. The zero-order valence-corrected chi connectivity index (χ0v) is 21.7. The van der Waals surface area contributed by atoms with Crippen molar-refractivity contribution in [3.05, 3.63) is 72.1 Å². The van der Waals surface area contributed by atoms with Gasteiger partial charge in [0.05, 0.1) is 0 Å². The molecule has 1 aliphatic rings. The molecule has 0 N–H and O–H groups in total. The highest BCUT2D eigenvalue weighted by atomic mass is 19.2. The smallest absolute Gasteiger partial charge is 0.159 e. The first-order chi connectivity index (χ1) is 17.6. The number of rotatable bonds is 12. The monoisotopic (exact) mass is 490 g/mol. The molecular weight excluding hydrogens is 450 g/mol. The molecule has 0 saturated heterocycles. The molecule has 2 nitrogen and oxygen atoms in total. The van der Waals surface area contributed by atoms with Gasteiger partial charge < -0.3 is 0 Å². The fourth-order valence-electron chi connectivity index (χ4n) is 5.56. The molecule has 0 radical (unpaired) electrons. The number of hydrogen-bond donors (Lipinski definition) is 0. The van der Waals surface area contributed by atoms with Crippen molar-refractivity contribution in [3.63, 3.8) is 0 Å². The van der Waals surface area contributed by atoms with Crippen molar-refractivity contribution in [2.45, 2.75) is 96.3 Å². The molecule has 4 heteroatoms. The standard InChI is InChI=1S/C32H40F2N2/c1-2-3-4-5-6-7-8-9-10-24-11-13-25(14-12-24)26-15-17-27(18-16-26)29-22-35-32(36-23-29)28-19-20-30(33)31(34)21-28/h15-25H,2-14H2,1H3. The maximum Gasteiger partial charge on any atom is 0.159 e. The molecule has 36 heavy (non-hydrogen) atoms. The predicted molar refractivity (Wildman–Crippen MR) is 145 cm³/mol. The molecular formula is C32H40F2N2. The summed E-state index contributed by atoms with van der Waals surface area (Å²) in [4.78, 5) is 8.74. The third-order valence-electron chi connectivity index (χ3n) is 7.86. The van der Waals surface area contributed by atoms with Gasteiger partial charge in [0, 0.05) is 23.5 Å². The van der Waals surface area contributed by atoms with Crippen LogP contribution in [-0.4, -0.2) is 9.97 Å². The average molecular weight is 491 g/mol. The summed E-state index contributed by atoms with van der Waals surface area (Å²) in [6, 6.07) is 12.5. The van der Waals surface area contributed by atoms with Crippen molar-refractivity contribution in [1.82, 2.24) is 9.97 Å². The van der Waals surface area contributed by atoms with Gasteiger partial charge in [0.15, 0.2) is 17.5 Å². The van der Waals surface area contributed by atoms with Crippen molar-refractivity contribution in [2.75, 3.05) is 0 Å². The van der Waals surface area contributed by atoms with Gasteiger partial charge in [-0.05, 0) is 66.8 Å². The zero-order valence-electron chi connectivity index (χ0n) is 21.7. The molecule has 1 saturated carbocycles. The van der Waals surface area contributed by atoms with Crippen molar-refractivity contribution in [3.8, 4) is 22.5 Å². The van der Waals surface area contributed by atoms with Crippen LogP contribution >= 0.6 is 0 Å². The summed E-state index contributed by atoms with van der Waals surface area (Å²) in [6.07, 6.45) is 21.5. The molecule has 1 aromatic heterocycles. The quantitative estimate of drug-likeness (QED) is 0.236. The Morgan fingerprint density at radius 3 is 1.92 bits per heavy atom. The molecule has 0 spiro atoms. The Balaban J connectivity index is 1.21. The van der Waals surface area contributed by atoms with Crippen LogP contribution in [0.4, 0.5) is 8.78 Å². The molecule has 3 aromatic rings. The Labute approximate surface area is 215 Å². The highest BCUT2D eigenvalue weighted by Crippen LogP contribution is 2.38. The molecule has 4 rings (SSSR count). The molecule has 0 bridgehead atoms. The third kappa shape index (κ3) is 7.44. The third-order valence-corrected chi connectivity index (χ3v) is 7.86. The summed E-state index contributed by atoms with van der Waals surface area (Å²) < 4.78 is 26.7. The van der Waals surface area contributed by atoms with Gasteiger partial charge in [0.1, 0.15) is 0 Å². The normalized spacial score (nSPS) is 17.9. The van der Waals surface area contributed by atoms with Crippen LogP contribution < -0.4 is 0 Å². The Kier molecular flexibility index (Phi) is 10.0. The van der Waals surface area contributed by atoms with Crippen LogP contribution in [0, 0.1) is 17.6 Å². The van der Waals surface area contributed by atoms with E-state index in [9.17, 15) is 8.78 Å². The fraction of sp³-hybridized carbons (Fsp3) is 0.500. The van der Waals surface area contributed by atoms with Crippen molar-refractivity contribution < 1.29 is 8.78 Å². The minimum absolute atomic E-state index is 0.387. The predicted octanol–water partition coefficient (Wildman–Crippen LogP) is 9.89. The lowest BCUT2D eigenvalue weighted by atomic mass is 9.77. The number of aromatic nitrogens is 2. The second-order valence-electron chi connectivity index (χ2n) is 10.5. The first-order valence-corrected chi connectivity index (χ1v) is 14.0. The van der Waals surface area contributed by atoms with Crippen molar-refractivity contribution >= 4 is 0 Å². The number of unbranched alkanes of at least 4 members (excludes halogenated alkanes) is 7. The van der Waals surface area contributed by atoms with Crippen LogP contribution in [0.5, 0.6) is 0 Å². The van der Waals surface area contributed by atoms with Crippen LogP contribution in [0.25, 0.3) is 22.5 Å². The zero-order chi connectivity index (χ0) is 25.2. The van der Waals surface area contributed by atoms with E-state index in [1.54, 1.807) is 12.4 Å². The highest BCUT2D eigenvalue weighted by Gasteiger charge is 2.22. The van der Waals surface area contributed by atoms with E-state index in [4.69, 9.17) is 0 Å². The number of hydrogen-bond acceptors (Lipinski definition) is 2. The van der Waals surface area contributed by atoms with Crippen molar-refractivity contribution in [2.24, 2.45) is 5.92 Å². The van der Waals surface area contributed by atoms with E-state index in [2.05, 4.69) is 41.2 Å². The first-order valence-electron chi connectivity index (χ1n) is 14.0. The van der Waals surface area contributed by atoms with Gasteiger partial charge in [-0.25, -0.2) is 18.7 Å². The molecule has 0 amide bonds. The molecule has 1 aliphatic carbocycles. The lowest BCUT2D eigenvalue weighted by molar-refractivity contribution is 0.302. The largest absolute Gasteiger partial charge is 0.236 e. The van der Waals surface area contributed by atoms with Gasteiger partial charge >= 0.3 is 0 Å². The summed E-state index contributed by atoms with van der Waals surface area (Å²) in [6.45, 7) is 2.28. The fourth-order valence-corrected chi connectivity index (χ4v) is 5.56. The van der Waals surface area contributed by atoms with Crippen LogP contribution in [0.15, 0.2) is 54.9 Å². The second-order valence-corrected chi connectivity index (χ2v) is 10.5. The number of nitrogens with zero attached hydrogens (tertiary/aromatic N) is 2. The van der Waals surface area contributed by atoms with E-state index in [0.717, 1.165) is 29.2 Å². The van der Waals surface area contributed by atoms with Crippen LogP contribution in [0.3, 0.4) is 0 Å². The minimum atomic E-state index is -0.891. The van der Waals surface area contributed by atoms with Crippen LogP contribution in [0.2, 0.25) is 0 Å². The summed E-state index contributed by atoms with van der Waals surface area (Å²) in [7, 11) is 0. The second kappa shape index (κ2) is 13.6.